The minimum atomic E-state index is -0.411. The van der Waals surface area contributed by atoms with Crippen LogP contribution < -0.4 is 5.32 Å². The van der Waals surface area contributed by atoms with E-state index in [1.807, 2.05) is 0 Å². The highest BCUT2D eigenvalue weighted by molar-refractivity contribution is 5.40. The predicted octanol–water partition coefficient (Wildman–Crippen LogP) is 4.01. The first-order valence-electron chi connectivity index (χ1n) is 8.46. The number of nitrogens with one attached hydrogen (secondary N) is 1. The standard InChI is InChI=1S/C17H23N3O2/c21-20(22)15-1-2-16(19-11-15)18-4-3-17-8-12-5-13(9-17)7-14(6-12)10-17/h1-2,11-14H,3-10H2,(H,18,19). The van der Waals surface area contributed by atoms with Gasteiger partial charge in [0.15, 0.2) is 0 Å². The topological polar surface area (TPSA) is 68.1 Å². The molecule has 0 unspecified atom stereocenters. The van der Waals surface area contributed by atoms with E-state index in [2.05, 4.69) is 10.3 Å². The number of nitro groups is 1. The van der Waals surface area contributed by atoms with Crippen molar-refractivity contribution in [1.82, 2.24) is 4.98 Å². The average molecular weight is 301 g/mol. The molecule has 0 radical (unpaired) electrons. The van der Waals surface area contributed by atoms with Gasteiger partial charge in [-0.15, -0.1) is 0 Å². The van der Waals surface area contributed by atoms with Crippen LogP contribution in [0.3, 0.4) is 0 Å². The molecule has 22 heavy (non-hydrogen) atoms. The van der Waals surface area contributed by atoms with Crippen LogP contribution in [0.5, 0.6) is 0 Å². The summed E-state index contributed by atoms with van der Waals surface area (Å²) in [6.07, 6.45) is 11.3. The van der Waals surface area contributed by atoms with E-state index in [1.54, 1.807) is 6.07 Å². The van der Waals surface area contributed by atoms with Gasteiger partial charge < -0.3 is 5.32 Å². The third-order valence-corrected chi connectivity index (χ3v) is 6.09. The smallest absolute Gasteiger partial charge is 0.287 e. The van der Waals surface area contributed by atoms with E-state index in [1.165, 1.54) is 57.2 Å². The molecule has 118 valence electrons. The second-order valence-corrected chi connectivity index (χ2v) is 7.75. The fourth-order valence-electron chi connectivity index (χ4n) is 5.65. The third-order valence-electron chi connectivity index (χ3n) is 6.09. The number of nitrogens with zero attached hydrogens (tertiary/aromatic N) is 2. The summed E-state index contributed by atoms with van der Waals surface area (Å²) in [7, 11) is 0. The third kappa shape index (κ3) is 2.57. The summed E-state index contributed by atoms with van der Waals surface area (Å²) < 4.78 is 0. The lowest BCUT2D eigenvalue weighted by Gasteiger charge is -2.57. The van der Waals surface area contributed by atoms with E-state index in [0.717, 1.165) is 30.1 Å². The van der Waals surface area contributed by atoms with E-state index in [9.17, 15) is 10.1 Å². The molecule has 4 saturated carbocycles. The SMILES string of the molecule is O=[N+]([O-])c1ccc(NCCC23CC4CC(CC(C4)C2)C3)nc1. The zero-order valence-electron chi connectivity index (χ0n) is 12.8. The molecule has 4 aliphatic carbocycles. The van der Waals surface area contributed by atoms with Crippen LogP contribution in [0.1, 0.15) is 44.9 Å². The lowest BCUT2D eigenvalue weighted by Crippen LogP contribution is -2.46. The molecule has 4 aliphatic rings. The number of anilines is 1. The van der Waals surface area contributed by atoms with Crippen LogP contribution >= 0.6 is 0 Å². The molecule has 1 N–H and O–H groups in total. The van der Waals surface area contributed by atoms with Gasteiger partial charge in [-0.3, -0.25) is 10.1 Å². The maximum atomic E-state index is 10.6. The largest absolute Gasteiger partial charge is 0.370 e. The Morgan fingerprint density at radius 3 is 2.32 bits per heavy atom. The summed E-state index contributed by atoms with van der Waals surface area (Å²) in [5.74, 6) is 3.71. The van der Waals surface area contributed by atoms with E-state index >= 15 is 0 Å². The quantitative estimate of drug-likeness (QED) is 0.659. The Bertz CT molecular complexity index is 534. The van der Waals surface area contributed by atoms with Gasteiger partial charge in [-0.2, -0.15) is 0 Å². The van der Waals surface area contributed by atoms with Gasteiger partial charge in [0.1, 0.15) is 12.0 Å². The van der Waals surface area contributed by atoms with Gasteiger partial charge in [-0.1, -0.05) is 0 Å². The normalized spacial score (nSPS) is 35.5. The first-order chi connectivity index (χ1) is 10.6. The van der Waals surface area contributed by atoms with Crippen LogP contribution in [0, 0.1) is 33.3 Å². The van der Waals surface area contributed by atoms with Crippen molar-refractivity contribution >= 4 is 11.5 Å². The van der Waals surface area contributed by atoms with Gasteiger partial charge in [0, 0.05) is 12.6 Å². The summed E-state index contributed by atoms with van der Waals surface area (Å²) in [4.78, 5) is 14.4. The molecule has 0 amide bonds. The molecular weight excluding hydrogens is 278 g/mol. The molecule has 1 aromatic heterocycles. The summed E-state index contributed by atoms with van der Waals surface area (Å²) in [6, 6.07) is 3.22. The summed E-state index contributed by atoms with van der Waals surface area (Å²) in [6.45, 7) is 0.928. The average Bonchev–Trinajstić information content (AvgIpc) is 2.46. The van der Waals surface area contributed by atoms with Crippen molar-refractivity contribution in [2.75, 3.05) is 11.9 Å². The van der Waals surface area contributed by atoms with E-state index in [0.29, 0.717) is 5.41 Å². The molecule has 0 saturated heterocycles. The Hall–Kier alpha value is -1.65. The monoisotopic (exact) mass is 301 g/mol. The molecule has 0 aromatic carbocycles. The fraction of sp³-hybridized carbons (Fsp3) is 0.706. The van der Waals surface area contributed by atoms with Crippen molar-refractivity contribution in [2.24, 2.45) is 23.2 Å². The molecule has 5 rings (SSSR count). The van der Waals surface area contributed by atoms with E-state index in [-0.39, 0.29) is 5.69 Å². The maximum Gasteiger partial charge on any atom is 0.287 e. The Kier molecular flexibility index (Phi) is 3.31. The summed E-state index contributed by atoms with van der Waals surface area (Å²) in [5.41, 5.74) is 0.620. The molecule has 4 fully saturated rings. The van der Waals surface area contributed by atoms with Crippen molar-refractivity contribution in [3.8, 4) is 0 Å². The zero-order chi connectivity index (χ0) is 15.2. The zero-order valence-corrected chi connectivity index (χ0v) is 12.8. The van der Waals surface area contributed by atoms with Crippen LogP contribution in [0.4, 0.5) is 11.5 Å². The lowest BCUT2D eigenvalue weighted by molar-refractivity contribution is -0.385. The van der Waals surface area contributed by atoms with Crippen LogP contribution in [-0.2, 0) is 0 Å². The number of aromatic nitrogens is 1. The highest BCUT2D eigenvalue weighted by Crippen LogP contribution is 2.61. The molecular formula is C17H23N3O2. The van der Waals surface area contributed by atoms with Crippen LogP contribution in [0.25, 0.3) is 0 Å². The van der Waals surface area contributed by atoms with Crippen LogP contribution in [0.2, 0.25) is 0 Å². The predicted molar refractivity (Wildman–Crippen MR) is 84.6 cm³/mol. The lowest BCUT2D eigenvalue weighted by atomic mass is 9.49. The van der Waals surface area contributed by atoms with Gasteiger partial charge in [-0.25, -0.2) is 4.98 Å². The molecule has 1 aromatic rings. The number of hydrogen-bond donors (Lipinski definition) is 1. The van der Waals surface area contributed by atoms with Crippen molar-refractivity contribution in [3.05, 3.63) is 28.4 Å². The summed E-state index contributed by atoms with van der Waals surface area (Å²) in [5, 5.41) is 14.0. The maximum absolute atomic E-state index is 10.6. The first kappa shape index (κ1) is 14.0. The van der Waals surface area contributed by atoms with Crippen LogP contribution in [0.15, 0.2) is 18.3 Å². The number of pyridine rings is 1. The molecule has 4 bridgehead atoms. The van der Waals surface area contributed by atoms with Gasteiger partial charge in [-0.05, 0) is 74.2 Å². The van der Waals surface area contributed by atoms with Gasteiger partial charge >= 0.3 is 0 Å². The molecule has 5 heteroatoms. The Morgan fingerprint density at radius 1 is 1.18 bits per heavy atom. The summed E-state index contributed by atoms with van der Waals surface area (Å²) >= 11 is 0. The van der Waals surface area contributed by atoms with E-state index < -0.39 is 4.92 Å². The molecule has 0 spiro atoms. The van der Waals surface area contributed by atoms with Gasteiger partial charge in [0.25, 0.3) is 5.69 Å². The highest BCUT2D eigenvalue weighted by Gasteiger charge is 2.50. The minimum absolute atomic E-state index is 0.0478. The Labute approximate surface area is 130 Å². The van der Waals surface area contributed by atoms with Gasteiger partial charge in [0.2, 0.25) is 0 Å². The van der Waals surface area contributed by atoms with Gasteiger partial charge in [0.05, 0.1) is 4.92 Å². The van der Waals surface area contributed by atoms with Crippen molar-refractivity contribution in [3.63, 3.8) is 0 Å². The molecule has 5 nitrogen and oxygen atoms in total. The fourth-order valence-corrected chi connectivity index (χ4v) is 5.65. The highest BCUT2D eigenvalue weighted by atomic mass is 16.6. The van der Waals surface area contributed by atoms with Crippen molar-refractivity contribution in [2.45, 2.75) is 44.9 Å². The van der Waals surface area contributed by atoms with Crippen LogP contribution in [-0.4, -0.2) is 16.5 Å². The Balaban J connectivity index is 1.34. The molecule has 0 aliphatic heterocycles. The first-order valence-corrected chi connectivity index (χ1v) is 8.46. The number of hydrogen-bond acceptors (Lipinski definition) is 4. The second-order valence-electron chi connectivity index (χ2n) is 7.75. The second kappa shape index (κ2) is 5.21. The molecule has 1 heterocycles. The molecule has 0 atom stereocenters. The van der Waals surface area contributed by atoms with Crippen molar-refractivity contribution < 1.29 is 4.92 Å². The Morgan fingerprint density at radius 2 is 1.82 bits per heavy atom. The number of rotatable bonds is 5. The minimum Gasteiger partial charge on any atom is -0.370 e. The van der Waals surface area contributed by atoms with E-state index in [4.69, 9.17) is 0 Å². The van der Waals surface area contributed by atoms with Crippen molar-refractivity contribution in [1.29, 1.82) is 0 Å².